The molecule has 15 heavy (non-hydrogen) atoms. The number of thioether (sulfide) groups is 1. The van der Waals surface area contributed by atoms with E-state index in [0.717, 1.165) is 11.6 Å². The molecule has 0 aromatic heterocycles. The van der Waals surface area contributed by atoms with Gasteiger partial charge >= 0.3 is 0 Å². The molecular formula is C8H16ClN3O2S. The first-order valence-electron chi connectivity index (χ1n) is 4.48. The first-order valence-corrected chi connectivity index (χ1v) is 5.63. The molecule has 7 heteroatoms. The quantitative estimate of drug-likeness (QED) is 0.624. The molecule has 1 rings (SSSR count). The minimum Gasteiger partial charge on any atom is -0.357 e. The number of hydrogen-bond acceptors (Lipinski definition) is 4. The van der Waals surface area contributed by atoms with Crippen LogP contribution < -0.4 is 16.0 Å². The van der Waals surface area contributed by atoms with Crippen LogP contribution in [-0.4, -0.2) is 42.6 Å². The molecule has 0 aliphatic carbocycles. The van der Waals surface area contributed by atoms with E-state index in [1.165, 1.54) is 0 Å². The van der Waals surface area contributed by atoms with E-state index in [1.807, 2.05) is 0 Å². The molecule has 0 bridgehead atoms. The predicted molar refractivity (Wildman–Crippen MR) is 63.2 cm³/mol. The lowest BCUT2D eigenvalue weighted by Gasteiger charge is -2.15. The van der Waals surface area contributed by atoms with Gasteiger partial charge in [-0.2, -0.15) is 0 Å². The molecule has 2 atom stereocenters. The van der Waals surface area contributed by atoms with Crippen molar-refractivity contribution < 1.29 is 9.59 Å². The summed E-state index contributed by atoms with van der Waals surface area (Å²) < 4.78 is 0. The molecule has 0 radical (unpaired) electrons. The maximum absolute atomic E-state index is 11.5. The molecule has 1 aliphatic heterocycles. The molecule has 2 amide bonds. The molecule has 0 aromatic carbocycles. The number of amides is 2. The van der Waals surface area contributed by atoms with Gasteiger partial charge in [0.2, 0.25) is 11.8 Å². The van der Waals surface area contributed by atoms with Crippen LogP contribution in [0.25, 0.3) is 0 Å². The zero-order valence-corrected chi connectivity index (χ0v) is 10.3. The first kappa shape index (κ1) is 14.5. The maximum Gasteiger partial charge on any atom is 0.242 e. The van der Waals surface area contributed by atoms with Crippen LogP contribution in [0.2, 0.25) is 0 Å². The van der Waals surface area contributed by atoms with Crippen LogP contribution in [-0.2, 0) is 9.59 Å². The Morgan fingerprint density at radius 3 is 2.67 bits per heavy atom. The van der Waals surface area contributed by atoms with Crippen molar-refractivity contribution in [2.45, 2.75) is 19.0 Å². The van der Waals surface area contributed by atoms with E-state index in [-0.39, 0.29) is 30.3 Å². The van der Waals surface area contributed by atoms with Gasteiger partial charge in [-0.1, -0.05) is 0 Å². The number of carbonyl (C=O) groups excluding carboxylic acids is 2. The van der Waals surface area contributed by atoms with Gasteiger partial charge in [0.25, 0.3) is 0 Å². The highest BCUT2D eigenvalue weighted by atomic mass is 35.5. The minimum atomic E-state index is -0.472. The highest BCUT2D eigenvalue weighted by molar-refractivity contribution is 7.99. The Morgan fingerprint density at radius 1 is 1.53 bits per heavy atom. The number of carbonyl (C=O) groups is 2. The Hall–Kier alpha value is -0.460. The smallest absolute Gasteiger partial charge is 0.242 e. The summed E-state index contributed by atoms with van der Waals surface area (Å²) in [6.45, 7) is 1.67. The number of likely N-dealkylation sites (N-methyl/N-ethyl adjacent to an activating group) is 1. The average molecular weight is 254 g/mol. The summed E-state index contributed by atoms with van der Waals surface area (Å²) in [7, 11) is 1.55. The minimum absolute atomic E-state index is 0. The summed E-state index contributed by atoms with van der Waals surface area (Å²) in [5.41, 5.74) is 0. The molecule has 1 heterocycles. The molecular weight excluding hydrogens is 238 g/mol. The molecule has 0 saturated carbocycles. The third kappa shape index (κ3) is 4.27. The fourth-order valence-corrected chi connectivity index (χ4v) is 2.10. The summed E-state index contributed by atoms with van der Waals surface area (Å²) in [5.74, 6) is 1.29. The topological polar surface area (TPSA) is 70.2 Å². The van der Waals surface area contributed by atoms with Gasteiger partial charge in [-0.05, 0) is 6.92 Å². The SMILES string of the molecule is CNC(=O)[C@@H](C)NC(=O)[C@H]1CSCN1.Cl. The van der Waals surface area contributed by atoms with E-state index >= 15 is 0 Å². The largest absolute Gasteiger partial charge is 0.357 e. The van der Waals surface area contributed by atoms with Crippen molar-refractivity contribution in [2.75, 3.05) is 18.7 Å². The third-order valence-corrected chi connectivity index (χ3v) is 2.97. The van der Waals surface area contributed by atoms with Crippen molar-refractivity contribution in [1.82, 2.24) is 16.0 Å². The first-order chi connectivity index (χ1) is 6.65. The Morgan fingerprint density at radius 2 is 2.20 bits per heavy atom. The molecule has 0 spiro atoms. The fraction of sp³-hybridized carbons (Fsp3) is 0.750. The van der Waals surface area contributed by atoms with Crippen LogP contribution >= 0.6 is 24.2 Å². The van der Waals surface area contributed by atoms with Crippen LogP contribution in [0, 0.1) is 0 Å². The maximum atomic E-state index is 11.5. The Labute approximate surface area is 99.5 Å². The highest BCUT2D eigenvalue weighted by Crippen LogP contribution is 2.09. The van der Waals surface area contributed by atoms with Gasteiger partial charge in [0.05, 0.1) is 6.04 Å². The second-order valence-corrected chi connectivity index (χ2v) is 4.15. The van der Waals surface area contributed by atoms with E-state index in [2.05, 4.69) is 16.0 Å². The van der Waals surface area contributed by atoms with E-state index in [1.54, 1.807) is 25.7 Å². The van der Waals surface area contributed by atoms with Gasteiger partial charge < -0.3 is 10.6 Å². The monoisotopic (exact) mass is 253 g/mol. The van der Waals surface area contributed by atoms with Gasteiger partial charge in [-0.3, -0.25) is 14.9 Å². The molecule has 3 N–H and O–H groups in total. The molecule has 0 unspecified atom stereocenters. The Balaban J connectivity index is 0.00000196. The zero-order chi connectivity index (χ0) is 10.6. The van der Waals surface area contributed by atoms with Crippen molar-refractivity contribution in [3.8, 4) is 0 Å². The van der Waals surface area contributed by atoms with Crippen molar-refractivity contribution in [3.63, 3.8) is 0 Å². The van der Waals surface area contributed by atoms with Crippen LogP contribution in [0.3, 0.4) is 0 Å². The molecule has 1 aliphatic rings. The normalized spacial score (nSPS) is 21.3. The number of nitrogens with one attached hydrogen (secondary N) is 3. The number of hydrogen-bond donors (Lipinski definition) is 3. The van der Waals surface area contributed by atoms with E-state index in [9.17, 15) is 9.59 Å². The van der Waals surface area contributed by atoms with E-state index in [4.69, 9.17) is 0 Å². The van der Waals surface area contributed by atoms with Crippen LogP contribution in [0.4, 0.5) is 0 Å². The predicted octanol–water partition coefficient (Wildman–Crippen LogP) is -0.679. The number of rotatable bonds is 3. The van der Waals surface area contributed by atoms with Gasteiger partial charge in [0.1, 0.15) is 6.04 Å². The van der Waals surface area contributed by atoms with Crippen LogP contribution in [0.5, 0.6) is 0 Å². The Kier molecular flexibility index (Phi) is 6.71. The van der Waals surface area contributed by atoms with Gasteiger partial charge in [-0.15, -0.1) is 24.2 Å². The van der Waals surface area contributed by atoms with E-state index < -0.39 is 6.04 Å². The summed E-state index contributed by atoms with van der Waals surface area (Å²) in [6.07, 6.45) is 0. The van der Waals surface area contributed by atoms with Crippen molar-refractivity contribution >= 4 is 36.0 Å². The second kappa shape index (κ2) is 6.92. The van der Waals surface area contributed by atoms with Gasteiger partial charge in [0.15, 0.2) is 0 Å². The van der Waals surface area contributed by atoms with E-state index in [0.29, 0.717) is 0 Å². The van der Waals surface area contributed by atoms with Crippen molar-refractivity contribution in [1.29, 1.82) is 0 Å². The summed E-state index contributed by atoms with van der Waals surface area (Å²) in [5, 5.41) is 8.16. The van der Waals surface area contributed by atoms with Crippen LogP contribution in [0.1, 0.15) is 6.92 Å². The molecule has 0 aromatic rings. The average Bonchev–Trinajstić information content (AvgIpc) is 2.69. The summed E-state index contributed by atoms with van der Waals surface area (Å²) in [6, 6.07) is -0.632. The lowest BCUT2D eigenvalue weighted by molar-refractivity contribution is -0.129. The second-order valence-electron chi connectivity index (χ2n) is 3.12. The summed E-state index contributed by atoms with van der Waals surface area (Å²) in [4.78, 5) is 22.6. The van der Waals surface area contributed by atoms with Crippen molar-refractivity contribution in [2.24, 2.45) is 0 Å². The molecule has 5 nitrogen and oxygen atoms in total. The summed E-state index contributed by atoms with van der Waals surface area (Å²) >= 11 is 1.68. The standard InChI is InChI=1S/C8H15N3O2S.ClH/c1-5(7(12)9-2)11-8(13)6-3-14-4-10-6;/h5-6,10H,3-4H2,1-2H3,(H,9,12)(H,11,13);1H/t5-,6-;/m1./s1. The molecule has 88 valence electrons. The lowest BCUT2D eigenvalue weighted by Crippen LogP contribution is -2.50. The number of halogens is 1. The third-order valence-electron chi connectivity index (χ3n) is 2.03. The zero-order valence-electron chi connectivity index (χ0n) is 8.70. The van der Waals surface area contributed by atoms with Crippen molar-refractivity contribution in [3.05, 3.63) is 0 Å². The lowest BCUT2D eigenvalue weighted by atomic mass is 10.2. The molecule has 1 saturated heterocycles. The van der Waals surface area contributed by atoms with Crippen LogP contribution in [0.15, 0.2) is 0 Å². The molecule has 1 fully saturated rings. The van der Waals surface area contributed by atoms with Gasteiger partial charge in [0, 0.05) is 18.7 Å². The van der Waals surface area contributed by atoms with Gasteiger partial charge in [-0.25, -0.2) is 0 Å². The fourth-order valence-electron chi connectivity index (χ4n) is 1.16. The Bertz CT molecular complexity index is 234. The highest BCUT2D eigenvalue weighted by Gasteiger charge is 2.24.